The summed E-state index contributed by atoms with van der Waals surface area (Å²) in [6.07, 6.45) is 0.653. The van der Waals surface area contributed by atoms with Crippen LogP contribution in [0.15, 0.2) is 42.5 Å². The van der Waals surface area contributed by atoms with Gasteiger partial charge in [0.05, 0.1) is 7.11 Å². The van der Waals surface area contributed by atoms with E-state index in [0.717, 1.165) is 5.56 Å². The van der Waals surface area contributed by atoms with Gasteiger partial charge >= 0.3 is 0 Å². The second kappa shape index (κ2) is 9.43. The number of methoxy groups -OCH3 is 1. The highest BCUT2D eigenvalue weighted by Crippen LogP contribution is 2.32. The number of carbonyl (C=O) groups is 2. The lowest BCUT2D eigenvalue weighted by Crippen LogP contribution is -2.22. The van der Waals surface area contributed by atoms with Crippen molar-refractivity contribution in [1.82, 2.24) is 15.5 Å². The Morgan fingerprint density at radius 3 is 2.71 bits per heavy atom. The van der Waals surface area contributed by atoms with Gasteiger partial charge in [0.15, 0.2) is 11.5 Å². The highest BCUT2D eigenvalue weighted by molar-refractivity contribution is 7.13. The molecule has 0 saturated carbocycles. The van der Waals surface area contributed by atoms with E-state index in [1.165, 1.54) is 11.3 Å². The standard InChI is InChI=1S/C21H20N4O5S/c1-28-15-5-3-14(4-6-15)23-20(27)21-25-24-19(31-21)9-8-18(26)22-11-13-2-7-16-17(10-13)30-12-29-16/h2-7,10H,8-9,11-12H2,1H3,(H,22,26)(H,23,27). The Labute approximate surface area is 182 Å². The van der Waals surface area contributed by atoms with Crippen LogP contribution in [0, 0.1) is 0 Å². The predicted molar refractivity (Wildman–Crippen MR) is 114 cm³/mol. The number of ether oxygens (including phenoxy) is 3. The number of hydrogen-bond donors (Lipinski definition) is 2. The zero-order valence-corrected chi connectivity index (χ0v) is 17.5. The van der Waals surface area contributed by atoms with Crippen LogP contribution in [0.25, 0.3) is 0 Å². The fourth-order valence-corrected chi connectivity index (χ4v) is 3.60. The Bertz CT molecular complexity index is 1080. The maximum Gasteiger partial charge on any atom is 0.286 e. The van der Waals surface area contributed by atoms with Crippen LogP contribution in [0.1, 0.15) is 26.8 Å². The normalized spacial score (nSPS) is 11.8. The van der Waals surface area contributed by atoms with E-state index in [1.807, 2.05) is 18.2 Å². The Hall–Kier alpha value is -3.66. The van der Waals surface area contributed by atoms with E-state index < -0.39 is 0 Å². The first-order chi connectivity index (χ1) is 15.1. The minimum atomic E-state index is -0.346. The van der Waals surface area contributed by atoms with E-state index >= 15 is 0 Å². The quantitative estimate of drug-likeness (QED) is 0.554. The molecule has 0 radical (unpaired) electrons. The van der Waals surface area contributed by atoms with E-state index in [9.17, 15) is 9.59 Å². The van der Waals surface area contributed by atoms with Gasteiger partial charge in [0.1, 0.15) is 10.8 Å². The average molecular weight is 440 g/mol. The summed E-state index contributed by atoms with van der Waals surface area (Å²) in [6.45, 7) is 0.605. The molecular weight excluding hydrogens is 420 g/mol. The zero-order chi connectivity index (χ0) is 21.6. The third-order valence-electron chi connectivity index (χ3n) is 4.50. The number of nitrogens with zero attached hydrogens (tertiary/aromatic N) is 2. The lowest BCUT2D eigenvalue weighted by molar-refractivity contribution is -0.121. The van der Waals surface area contributed by atoms with Gasteiger partial charge in [-0.1, -0.05) is 17.4 Å². The Balaban J connectivity index is 1.23. The van der Waals surface area contributed by atoms with Crippen LogP contribution in [-0.2, 0) is 17.8 Å². The second-order valence-corrected chi connectivity index (χ2v) is 7.71. The van der Waals surface area contributed by atoms with Gasteiger partial charge in [-0.15, -0.1) is 10.2 Å². The van der Waals surface area contributed by atoms with Crippen LogP contribution in [0.5, 0.6) is 17.2 Å². The van der Waals surface area contributed by atoms with Crippen molar-refractivity contribution in [2.75, 3.05) is 19.2 Å². The summed E-state index contributed by atoms with van der Waals surface area (Å²) in [5, 5.41) is 14.4. The molecule has 160 valence electrons. The van der Waals surface area contributed by atoms with Gasteiger partial charge in [0.25, 0.3) is 5.91 Å². The minimum Gasteiger partial charge on any atom is -0.497 e. The molecule has 0 fully saturated rings. The van der Waals surface area contributed by atoms with Crippen molar-refractivity contribution in [3.05, 3.63) is 58.0 Å². The van der Waals surface area contributed by atoms with Crippen molar-refractivity contribution in [2.45, 2.75) is 19.4 Å². The van der Waals surface area contributed by atoms with Crippen LogP contribution in [0.4, 0.5) is 5.69 Å². The van der Waals surface area contributed by atoms with Crippen molar-refractivity contribution in [3.8, 4) is 17.2 Å². The molecule has 9 nitrogen and oxygen atoms in total. The van der Waals surface area contributed by atoms with Crippen molar-refractivity contribution < 1.29 is 23.8 Å². The molecule has 1 aliphatic rings. The number of amides is 2. The summed E-state index contributed by atoms with van der Waals surface area (Å²) >= 11 is 1.17. The first kappa shape index (κ1) is 20.6. The molecule has 31 heavy (non-hydrogen) atoms. The summed E-state index contributed by atoms with van der Waals surface area (Å²) in [5.41, 5.74) is 1.55. The lowest BCUT2D eigenvalue weighted by Gasteiger charge is -2.05. The smallest absolute Gasteiger partial charge is 0.286 e. The molecule has 4 rings (SSSR count). The van der Waals surface area contributed by atoms with Gasteiger partial charge in [-0.2, -0.15) is 0 Å². The molecule has 0 spiro atoms. The number of carbonyl (C=O) groups excluding carboxylic acids is 2. The lowest BCUT2D eigenvalue weighted by atomic mass is 10.2. The number of fused-ring (bicyclic) bond motifs is 1. The van der Waals surface area contributed by atoms with Crippen molar-refractivity contribution in [3.63, 3.8) is 0 Å². The summed E-state index contributed by atoms with van der Waals surface area (Å²) < 4.78 is 15.7. The maximum atomic E-state index is 12.3. The first-order valence-electron chi connectivity index (χ1n) is 9.54. The Morgan fingerprint density at radius 1 is 1.10 bits per heavy atom. The average Bonchev–Trinajstić information content (AvgIpc) is 3.46. The highest BCUT2D eigenvalue weighted by atomic mass is 32.1. The molecule has 2 aromatic carbocycles. The number of aryl methyl sites for hydroxylation is 1. The van der Waals surface area contributed by atoms with Gasteiger partial charge in [-0.25, -0.2) is 0 Å². The number of nitrogens with one attached hydrogen (secondary N) is 2. The summed E-state index contributed by atoms with van der Waals surface area (Å²) in [4.78, 5) is 24.5. The van der Waals surface area contributed by atoms with Crippen molar-refractivity contribution >= 4 is 28.8 Å². The summed E-state index contributed by atoms with van der Waals surface area (Å²) in [7, 11) is 1.58. The van der Waals surface area contributed by atoms with E-state index in [1.54, 1.807) is 31.4 Å². The molecule has 0 atom stereocenters. The zero-order valence-electron chi connectivity index (χ0n) is 16.7. The first-order valence-corrected chi connectivity index (χ1v) is 10.4. The summed E-state index contributed by atoms with van der Waals surface area (Å²) in [5.74, 6) is 1.63. The number of rotatable bonds is 8. The Morgan fingerprint density at radius 2 is 1.90 bits per heavy atom. The van der Waals surface area contributed by atoms with E-state index in [0.29, 0.717) is 40.9 Å². The van der Waals surface area contributed by atoms with Crippen LogP contribution in [-0.4, -0.2) is 35.9 Å². The van der Waals surface area contributed by atoms with E-state index in [4.69, 9.17) is 14.2 Å². The molecule has 2 N–H and O–H groups in total. The SMILES string of the molecule is COc1ccc(NC(=O)c2nnc(CCC(=O)NCc3ccc4c(c3)OCO4)s2)cc1. The largest absolute Gasteiger partial charge is 0.497 e. The monoisotopic (exact) mass is 440 g/mol. The molecule has 1 aromatic heterocycles. The van der Waals surface area contributed by atoms with Crippen molar-refractivity contribution in [2.24, 2.45) is 0 Å². The third-order valence-corrected chi connectivity index (χ3v) is 5.48. The van der Waals surface area contributed by atoms with Crippen LogP contribution in [0.3, 0.4) is 0 Å². The molecule has 0 bridgehead atoms. The Kier molecular flexibility index (Phi) is 6.27. The number of aromatic nitrogens is 2. The predicted octanol–water partition coefficient (Wildman–Crippen LogP) is 2.78. The second-order valence-electron chi connectivity index (χ2n) is 6.65. The molecule has 0 aliphatic carbocycles. The number of benzene rings is 2. The maximum absolute atomic E-state index is 12.3. The van der Waals surface area contributed by atoms with E-state index in [2.05, 4.69) is 20.8 Å². The van der Waals surface area contributed by atoms with Gasteiger partial charge in [0.2, 0.25) is 17.7 Å². The van der Waals surface area contributed by atoms with Gasteiger partial charge in [-0.3, -0.25) is 9.59 Å². The van der Waals surface area contributed by atoms with Crippen LogP contribution >= 0.6 is 11.3 Å². The topological polar surface area (TPSA) is 112 Å². The molecule has 10 heteroatoms. The molecule has 1 aliphatic heterocycles. The summed E-state index contributed by atoms with van der Waals surface area (Å²) in [6, 6.07) is 12.5. The van der Waals surface area contributed by atoms with Crippen LogP contribution < -0.4 is 24.8 Å². The minimum absolute atomic E-state index is 0.114. The van der Waals surface area contributed by atoms with Gasteiger partial charge in [0, 0.05) is 25.1 Å². The molecule has 0 unspecified atom stereocenters. The number of hydrogen-bond acceptors (Lipinski definition) is 8. The molecule has 2 heterocycles. The highest BCUT2D eigenvalue weighted by Gasteiger charge is 2.15. The van der Waals surface area contributed by atoms with Crippen LogP contribution in [0.2, 0.25) is 0 Å². The molecule has 3 aromatic rings. The third kappa shape index (κ3) is 5.28. The van der Waals surface area contributed by atoms with Gasteiger partial charge < -0.3 is 24.8 Å². The number of anilines is 1. The van der Waals surface area contributed by atoms with Crippen molar-refractivity contribution in [1.29, 1.82) is 0 Å². The molecule has 2 amide bonds. The molecular formula is C21H20N4O5S. The van der Waals surface area contributed by atoms with Gasteiger partial charge in [-0.05, 0) is 42.0 Å². The van der Waals surface area contributed by atoms with E-state index in [-0.39, 0.29) is 30.0 Å². The molecule has 0 saturated heterocycles. The fourth-order valence-electron chi connectivity index (χ4n) is 2.87. The fraction of sp³-hybridized carbons (Fsp3) is 0.238.